The van der Waals surface area contributed by atoms with Crippen LogP contribution in [0.1, 0.15) is 62.8 Å². The summed E-state index contributed by atoms with van der Waals surface area (Å²) in [5.74, 6) is 0. The van der Waals surface area contributed by atoms with Gasteiger partial charge in [0.05, 0.1) is 10.6 Å². The SMILES string of the molecule is CCC(CC)N(C)c1nc(C(C)(C)C)c(C=O)s1. The maximum absolute atomic E-state index is 11.2. The number of aromatic nitrogens is 1. The van der Waals surface area contributed by atoms with Gasteiger partial charge < -0.3 is 4.90 Å². The third kappa shape index (κ3) is 3.10. The van der Waals surface area contributed by atoms with Gasteiger partial charge in [0, 0.05) is 18.5 Å². The standard InChI is InChI=1S/C14H24N2OS/c1-7-10(8-2)16(6)13-15-12(14(3,4)5)11(9-17)18-13/h9-10H,7-8H2,1-6H3. The van der Waals surface area contributed by atoms with Crippen LogP contribution < -0.4 is 4.90 Å². The van der Waals surface area contributed by atoms with Crippen LogP contribution >= 0.6 is 11.3 Å². The molecule has 0 aliphatic carbocycles. The van der Waals surface area contributed by atoms with E-state index in [1.807, 2.05) is 0 Å². The summed E-state index contributed by atoms with van der Waals surface area (Å²) in [6.45, 7) is 10.6. The van der Waals surface area contributed by atoms with Crippen molar-refractivity contribution in [3.8, 4) is 0 Å². The van der Waals surface area contributed by atoms with Crippen LogP contribution in [0, 0.1) is 0 Å². The highest BCUT2D eigenvalue weighted by atomic mass is 32.1. The third-order valence-electron chi connectivity index (χ3n) is 3.25. The zero-order chi connectivity index (χ0) is 13.9. The van der Waals surface area contributed by atoms with Gasteiger partial charge in [0.25, 0.3) is 0 Å². The maximum atomic E-state index is 11.2. The van der Waals surface area contributed by atoms with E-state index >= 15 is 0 Å². The summed E-state index contributed by atoms with van der Waals surface area (Å²) in [6, 6.07) is 0.489. The maximum Gasteiger partial charge on any atom is 0.186 e. The molecule has 0 saturated heterocycles. The van der Waals surface area contributed by atoms with Crippen LogP contribution in [0.25, 0.3) is 0 Å². The number of anilines is 1. The first-order valence-electron chi connectivity index (χ1n) is 6.54. The Morgan fingerprint density at radius 3 is 2.22 bits per heavy atom. The lowest BCUT2D eigenvalue weighted by atomic mass is 9.91. The van der Waals surface area contributed by atoms with Crippen molar-refractivity contribution in [2.45, 2.75) is 58.9 Å². The fourth-order valence-electron chi connectivity index (χ4n) is 2.08. The highest BCUT2D eigenvalue weighted by molar-refractivity contribution is 7.17. The predicted octanol–water partition coefficient (Wildman–Crippen LogP) is 3.88. The minimum atomic E-state index is -0.0836. The average Bonchev–Trinajstić information content (AvgIpc) is 2.74. The van der Waals surface area contributed by atoms with Gasteiger partial charge in [0.1, 0.15) is 0 Å². The van der Waals surface area contributed by atoms with Crippen LogP contribution in [0.2, 0.25) is 0 Å². The molecule has 3 nitrogen and oxygen atoms in total. The molecule has 102 valence electrons. The first-order chi connectivity index (χ1) is 8.35. The van der Waals surface area contributed by atoms with Crippen LogP contribution in [-0.2, 0) is 5.41 Å². The summed E-state index contributed by atoms with van der Waals surface area (Å²) in [4.78, 5) is 18.8. The first-order valence-corrected chi connectivity index (χ1v) is 7.36. The van der Waals surface area contributed by atoms with Crippen LogP contribution in [-0.4, -0.2) is 24.4 Å². The topological polar surface area (TPSA) is 33.2 Å². The molecule has 0 unspecified atom stereocenters. The molecule has 18 heavy (non-hydrogen) atoms. The van der Waals surface area contributed by atoms with Gasteiger partial charge in [0.2, 0.25) is 0 Å². The Hall–Kier alpha value is -0.900. The van der Waals surface area contributed by atoms with Gasteiger partial charge in [-0.15, -0.1) is 0 Å². The molecular formula is C14H24N2OS. The summed E-state index contributed by atoms with van der Waals surface area (Å²) in [7, 11) is 2.07. The molecule has 1 aromatic rings. The largest absolute Gasteiger partial charge is 0.348 e. The van der Waals surface area contributed by atoms with E-state index in [0.29, 0.717) is 6.04 Å². The second-order valence-electron chi connectivity index (χ2n) is 5.66. The Bertz CT molecular complexity index is 402. The Labute approximate surface area is 114 Å². The monoisotopic (exact) mass is 268 g/mol. The van der Waals surface area contributed by atoms with E-state index in [0.717, 1.165) is 34.8 Å². The number of hydrogen-bond donors (Lipinski definition) is 0. The van der Waals surface area contributed by atoms with Gasteiger partial charge in [-0.3, -0.25) is 4.79 Å². The molecular weight excluding hydrogens is 244 g/mol. The third-order valence-corrected chi connectivity index (χ3v) is 4.32. The van der Waals surface area contributed by atoms with Gasteiger partial charge >= 0.3 is 0 Å². The molecule has 0 amide bonds. The lowest BCUT2D eigenvalue weighted by Gasteiger charge is -2.25. The van der Waals surface area contributed by atoms with Crippen molar-refractivity contribution >= 4 is 22.8 Å². The van der Waals surface area contributed by atoms with Crippen LogP contribution in [0.15, 0.2) is 0 Å². The molecule has 0 bridgehead atoms. The van der Waals surface area contributed by atoms with E-state index in [1.54, 1.807) is 0 Å². The quantitative estimate of drug-likeness (QED) is 0.760. The van der Waals surface area contributed by atoms with Gasteiger partial charge in [-0.05, 0) is 12.8 Å². The molecule has 4 heteroatoms. The molecule has 0 aliphatic heterocycles. The molecule has 0 aromatic carbocycles. The second kappa shape index (κ2) is 5.83. The molecule has 0 radical (unpaired) electrons. The fourth-order valence-corrected chi connectivity index (χ4v) is 3.20. The van der Waals surface area contributed by atoms with Gasteiger partial charge in [-0.1, -0.05) is 46.0 Å². The van der Waals surface area contributed by atoms with Crippen molar-refractivity contribution in [2.24, 2.45) is 0 Å². The second-order valence-corrected chi connectivity index (χ2v) is 6.67. The average molecular weight is 268 g/mol. The molecule has 0 N–H and O–H groups in total. The number of nitrogens with zero attached hydrogens (tertiary/aromatic N) is 2. The highest BCUT2D eigenvalue weighted by Crippen LogP contribution is 2.33. The Morgan fingerprint density at radius 2 is 1.89 bits per heavy atom. The van der Waals surface area contributed by atoms with Crippen molar-refractivity contribution < 1.29 is 4.79 Å². The van der Waals surface area contributed by atoms with Gasteiger partial charge in [-0.2, -0.15) is 0 Å². The number of carbonyl (C=O) groups is 1. The number of thiazole rings is 1. The van der Waals surface area contributed by atoms with E-state index in [2.05, 4.69) is 51.6 Å². The smallest absolute Gasteiger partial charge is 0.186 e. The van der Waals surface area contributed by atoms with Crippen molar-refractivity contribution in [3.05, 3.63) is 10.6 Å². The minimum Gasteiger partial charge on any atom is -0.348 e. The van der Waals surface area contributed by atoms with Crippen LogP contribution in [0.3, 0.4) is 0 Å². The molecule has 0 fully saturated rings. The van der Waals surface area contributed by atoms with Gasteiger partial charge in [-0.25, -0.2) is 4.98 Å². The van der Waals surface area contributed by atoms with Crippen LogP contribution in [0.5, 0.6) is 0 Å². The van der Waals surface area contributed by atoms with E-state index in [4.69, 9.17) is 0 Å². The Morgan fingerprint density at radius 1 is 1.33 bits per heavy atom. The number of carbonyl (C=O) groups excluding carboxylic acids is 1. The number of aldehydes is 1. The minimum absolute atomic E-state index is 0.0836. The Kier molecular flexibility index (Phi) is 4.91. The number of hydrogen-bond acceptors (Lipinski definition) is 4. The normalized spacial score (nSPS) is 11.9. The molecule has 1 rings (SSSR count). The summed E-state index contributed by atoms with van der Waals surface area (Å²) >= 11 is 1.50. The van der Waals surface area contributed by atoms with E-state index in [9.17, 15) is 4.79 Å². The highest BCUT2D eigenvalue weighted by Gasteiger charge is 2.25. The van der Waals surface area contributed by atoms with E-state index in [1.165, 1.54) is 11.3 Å². The van der Waals surface area contributed by atoms with Crippen molar-refractivity contribution in [3.63, 3.8) is 0 Å². The predicted molar refractivity (Wildman–Crippen MR) is 79.0 cm³/mol. The summed E-state index contributed by atoms with van der Waals surface area (Å²) < 4.78 is 0. The van der Waals surface area contributed by atoms with E-state index < -0.39 is 0 Å². The van der Waals surface area contributed by atoms with Crippen LogP contribution in [0.4, 0.5) is 5.13 Å². The molecule has 0 atom stereocenters. The first kappa shape index (κ1) is 15.2. The van der Waals surface area contributed by atoms with Crippen molar-refractivity contribution in [1.82, 2.24) is 4.98 Å². The fraction of sp³-hybridized carbons (Fsp3) is 0.714. The number of rotatable bonds is 5. The Balaban J connectivity index is 3.12. The molecule has 0 aliphatic rings. The molecule has 1 heterocycles. The zero-order valence-electron chi connectivity index (χ0n) is 12.3. The lowest BCUT2D eigenvalue weighted by Crippen LogP contribution is -2.30. The van der Waals surface area contributed by atoms with Gasteiger partial charge in [0.15, 0.2) is 11.4 Å². The van der Waals surface area contributed by atoms with E-state index in [-0.39, 0.29) is 5.41 Å². The molecule has 0 saturated carbocycles. The zero-order valence-corrected chi connectivity index (χ0v) is 13.1. The molecule has 1 aromatic heterocycles. The summed E-state index contributed by atoms with van der Waals surface area (Å²) in [5.41, 5.74) is 0.829. The van der Waals surface area contributed by atoms with Crippen molar-refractivity contribution in [1.29, 1.82) is 0 Å². The lowest BCUT2D eigenvalue weighted by molar-refractivity contribution is 0.112. The molecule has 0 spiro atoms. The summed E-state index contributed by atoms with van der Waals surface area (Å²) in [5, 5.41) is 0.954. The van der Waals surface area contributed by atoms with Crippen molar-refractivity contribution in [2.75, 3.05) is 11.9 Å². The summed E-state index contributed by atoms with van der Waals surface area (Å²) in [6.07, 6.45) is 3.12.